The molecular weight excluding hydrogens is 365 g/mol. The van der Waals surface area contributed by atoms with E-state index in [-0.39, 0.29) is 18.1 Å². The Morgan fingerprint density at radius 1 is 1.15 bits per heavy atom. The summed E-state index contributed by atoms with van der Waals surface area (Å²) in [6.07, 6.45) is 0.195. The molecule has 2 aromatic carbocycles. The number of carbonyl (C=O) groups is 1. The molecule has 1 heterocycles. The van der Waals surface area contributed by atoms with Gasteiger partial charge in [0.1, 0.15) is 17.1 Å². The van der Waals surface area contributed by atoms with Gasteiger partial charge in [-0.15, -0.1) is 0 Å². The van der Waals surface area contributed by atoms with Crippen LogP contribution in [0.2, 0.25) is 0 Å². The third-order valence-electron chi connectivity index (χ3n) is 4.16. The Kier molecular flexibility index (Phi) is 6.03. The van der Waals surface area contributed by atoms with Gasteiger partial charge in [0.25, 0.3) is 0 Å². The minimum atomic E-state index is -0.311. The summed E-state index contributed by atoms with van der Waals surface area (Å²) in [5.41, 5.74) is 1.53. The van der Waals surface area contributed by atoms with Crippen molar-refractivity contribution >= 4 is 32.6 Å². The van der Waals surface area contributed by atoms with Gasteiger partial charge in [-0.05, 0) is 43.9 Å². The lowest BCUT2D eigenvalue weighted by Crippen LogP contribution is -2.37. The Morgan fingerprint density at radius 3 is 2.56 bits per heavy atom. The number of aromatic nitrogens is 1. The fourth-order valence-electron chi connectivity index (χ4n) is 2.69. The normalized spacial score (nSPS) is 11.1. The highest BCUT2D eigenvalue weighted by Crippen LogP contribution is 2.34. The number of carbonyl (C=O) groups excluding carboxylic acids is 1. The van der Waals surface area contributed by atoms with Crippen molar-refractivity contribution in [2.75, 3.05) is 39.2 Å². The molecule has 3 aromatic rings. The largest absolute Gasteiger partial charge is 0.494 e. The Hall–Kier alpha value is -2.51. The average Bonchev–Trinajstić information content (AvgIpc) is 3.07. The summed E-state index contributed by atoms with van der Waals surface area (Å²) < 4.78 is 19.5. The Morgan fingerprint density at radius 2 is 1.89 bits per heavy atom. The summed E-state index contributed by atoms with van der Waals surface area (Å²) in [7, 11) is 5.53. The van der Waals surface area contributed by atoms with Gasteiger partial charge in [0, 0.05) is 13.1 Å². The maximum absolute atomic E-state index is 13.1. The Bertz CT molecular complexity index is 925. The summed E-state index contributed by atoms with van der Waals surface area (Å²) in [4.78, 5) is 21.4. The standard InChI is InChI=1S/C20H22FN3O2S/c1-23(2)11-12-24(18(25)13-14-7-9-15(21)10-8-14)20-22-19-16(26-3)5-4-6-17(19)27-20/h4-10H,11-13H2,1-3H3. The van der Waals surface area contributed by atoms with Gasteiger partial charge in [-0.2, -0.15) is 0 Å². The lowest BCUT2D eigenvalue weighted by Gasteiger charge is -2.22. The van der Waals surface area contributed by atoms with Crippen LogP contribution in [0.25, 0.3) is 10.2 Å². The number of methoxy groups -OCH3 is 1. The molecule has 27 heavy (non-hydrogen) atoms. The van der Waals surface area contributed by atoms with E-state index in [0.717, 1.165) is 15.8 Å². The SMILES string of the molecule is COc1cccc2sc(N(CCN(C)C)C(=O)Cc3ccc(F)cc3)nc12. The van der Waals surface area contributed by atoms with Crippen LogP contribution in [0.5, 0.6) is 5.75 Å². The highest BCUT2D eigenvalue weighted by Gasteiger charge is 2.21. The van der Waals surface area contributed by atoms with Gasteiger partial charge in [0.2, 0.25) is 5.91 Å². The minimum Gasteiger partial charge on any atom is -0.494 e. The van der Waals surface area contributed by atoms with E-state index >= 15 is 0 Å². The van der Waals surface area contributed by atoms with E-state index < -0.39 is 0 Å². The van der Waals surface area contributed by atoms with Crippen LogP contribution in [0, 0.1) is 5.82 Å². The topological polar surface area (TPSA) is 45.7 Å². The number of likely N-dealkylation sites (N-methyl/N-ethyl adjacent to an activating group) is 1. The van der Waals surface area contributed by atoms with Crippen LogP contribution in [0.1, 0.15) is 5.56 Å². The molecule has 0 unspecified atom stereocenters. The second-order valence-corrected chi connectivity index (χ2v) is 7.46. The number of ether oxygens (including phenoxy) is 1. The van der Waals surface area contributed by atoms with Crippen molar-refractivity contribution in [3.8, 4) is 5.75 Å². The van der Waals surface area contributed by atoms with Gasteiger partial charge in [-0.3, -0.25) is 9.69 Å². The van der Waals surface area contributed by atoms with Crippen molar-refractivity contribution in [3.63, 3.8) is 0 Å². The van der Waals surface area contributed by atoms with Crippen molar-refractivity contribution in [2.45, 2.75) is 6.42 Å². The van der Waals surface area contributed by atoms with Crippen LogP contribution < -0.4 is 9.64 Å². The molecule has 0 aliphatic rings. The van der Waals surface area contributed by atoms with E-state index in [9.17, 15) is 9.18 Å². The molecule has 7 heteroatoms. The quantitative estimate of drug-likeness (QED) is 0.622. The number of halogens is 1. The molecule has 3 rings (SSSR count). The maximum atomic E-state index is 13.1. The molecule has 0 aliphatic carbocycles. The zero-order valence-electron chi connectivity index (χ0n) is 15.6. The molecule has 0 atom stereocenters. The van der Waals surface area contributed by atoms with Crippen molar-refractivity contribution in [2.24, 2.45) is 0 Å². The van der Waals surface area contributed by atoms with Crippen LogP contribution in [0.3, 0.4) is 0 Å². The molecule has 0 spiro atoms. The van der Waals surface area contributed by atoms with E-state index in [1.165, 1.54) is 23.5 Å². The zero-order chi connectivity index (χ0) is 19.4. The van der Waals surface area contributed by atoms with E-state index in [2.05, 4.69) is 4.98 Å². The summed E-state index contributed by atoms with van der Waals surface area (Å²) >= 11 is 1.46. The molecule has 0 bridgehead atoms. The predicted octanol–water partition coefficient (Wildman–Crippen LogP) is 3.58. The number of hydrogen-bond acceptors (Lipinski definition) is 5. The van der Waals surface area contributed by atoms with Crippen molar-refractivity contribution in [1.82, 2.24) is 9.88 Å². The van der Waals surface area contributed by atoms with E-state index in [0.29, 0.717) is 24.0 Å². The second-order valence-electron chi connectivity index (χ2n) is 6.46. The highest BCUT2D eigenvalue weighted by atomic mass is 32.1. The second kappa shape index (κ2) is 8.45. The number of benzene rings is 2. The zero-order valence-corrected chi connectivity index (χ0v) is 16.4. The minimum absolute atomic E-state index is 0.0681. The number of thiazole rings is 1. The molecule has 1 aromatic heterocycles. The van der Waals surface area contributed by atoms with Gasteiger partial charge in [-0.1, -0.05) is 29.5 Å². The summed E-state index contributed by atoms with van der Waals surface area (Å²) in [6, 6.07) is 11.7. The molecule has 0 saturated carbocycles. The number of rotatable bonds is 7. The number of anilines is 1. The number of nitrogens with zero attached hydrogens (tertiary/aromatic N) is 3. The molecule has 0 aliphatic heterocycles. The van der Waals surface area contributed by atoms with Gasteiger partial charge in [0.05, 0.1) is 18.2 Å². The van der Waals surface area contributed by atoms with Crippen LogP contribution >= 0.6 is 11.3 Å². The number of para-hydroxylation sites is 1. The van der Waals surface area contributed by atoms with Crippen molar-refractivity contribution in [3.05, 3.63) is 53.8 Å². The fourth-order valence-corrected chi connectivity index (χ4v) is 3.72. The van der Waals surface area contributed by atoms with Crippen molar-refractivity contribution < 1.29 is 13.9 Å². The molecule has 0 N–H and O–H groups in total. The van der Waals surface area contributed by atoms with Crippen LogP contribution in [0.4, 0.5) is 9.52 Å². The molecule has 5 nitrogen and oxygen atoms in total. The molecule has 0 fully saturated rings. The third kappa shape index (κ3) is 4.61. The van der Waals surface area contributed by atoms with Crippen LogP contribution in [-0.4, -0.2) is 50.1 Å². The average molecular weight is 387 g/mol. The summed E-state index contributed by atoms with van der Waals surface area (Å²) in [5, 5.41) is 0.642. The van der Waals surface area contributed by atoms with Gasteiger partial charge >= 0.3 is 0 Å². The molecule has 0 radical (unpaired) electrons. The first-order valence-electron chi connectivity index (χ1n) is 8.61. The molecule has 0 saturated heterocycles. The van der Waals surface area contributed by atoms with Gasteiger partial charge < -0.3 is 9.64 Å². The summed E-state index contributed by atoms with van der Waals surface area (Å²) in [5.74, 6) is 0.309. The number of fused-ring (bicyclic) bond motifs is 1. The van der Waals surface area contributed by atoms with Crippen molar-refractivity contribution in [1.29, 1.82) is 0 Å². The summed E-state index contributed by atoms with van der Waals surface area (Å²) in [6.45, 7) is 1.23. The first-order chi connectivity index (χ1) is 13.0. The lowest BCUT2D eigenvalue weighted by atomic mass is 10.1. The highest BCUT2D eigenvalue weighted by molar-refractivity contribution is 7.22. The van der Waals surface area contributed by atoms with Crippen LogP contribution in [0.15, 0.2) is 42.5 Å². The van der Waals surface area contributed by atoms with Crippen LogP contribution in [-0.2, 0) is 11.2 Å². The van der Waals surface area contributed by atoms with Gasteiger partial charge in [-0.25, -0.2) is 9.37 Å². The van der Waals surface area contributed by atoms with Gasteiger partial charge in [0.15, 0.2) is 5.13 Å². The first-order valence-corrected chi connectivity index (χ1v) is 9.42. The molecule has 142 valence electrons. The first kappa shape index (κ1) is 19.3. The van der Waals surface area contributed by atoms with E-state index in [1.54, 1.807) is 24.1 Å². The smallest absolute Gasteiger partial charge is 0.233 e. The van der Waals surface area contributed by atoms with E-state index in [4.69, 9.17) is 4.74 Å². The number of hydrogen-bond donors (Lipinski definition) is 0. The number of amides is 1. The third-order valence-corrected chi connectivity index (χ3v) is 5.21. The monoisotopic (exact) mass is 387 g/mol. The Labute approximate surface area is 162 Å². The molecule has 1 amide bonds. The predicted molar refractivity (Wildman–Crippen MR) is 107 cm³/mol. The maximum Gasteiger partial charge on any atom is 0.233 e. The Balaban J connectivity index is 1.90. The van der Waals surface area contributed by atoms with E-state index in [1.807, 2.05) is 37.2 Å². The molecular formula is C20H22FN3O2S. The lowest BCUT2D eigenvalue weighted by molar-refractivity contribution is -0.118. The fraction of sp³-hybridized carbons (Fsp3) is 0.300.